The van der Waals surface area contributed by atoms with Gasteiger partial charge in [-0.05, 0) is 6.92 Å². The van der Waals surface area contributed by atoms with Gasteiger partial charge in [-0.2, -0.15) is 0 Å². The first kappa shape index (κ1) is 14.4. The van der Waals surface area contributed by atoms with Gasteiger partial charge >= 0.3 is 5.97 Å². The second kappa shape index (κ2) is 6.47. The Morgan fingerprint density at radius 3 is 2.90 bits per heavy atom. The zero-order valence-electron chi connectivity index (χ0n) is 11.3. The summed E-state index contributed by atoms with van der Waals surface area (Å²) in [5.74, 6) is -1.66. The molecule has 0 saturated carbocycles. The number of aliphatic carboxylic acids is 1. The largest absolute Gasteiger partial charge is 0.481 e. The quantitative estimate of drug-likeness (QED) is 0.763. The summed E-state index contributed by atoms with van der Waals surface area (Å²) in [6.45, 7) is 3.17. The summed E-state index contributed by atoms with van der Waals surface area (Å²) >= 11 is 0. The number of ether oxygens (including phenoxy) is 1. The van der Waals surface area contributed by atoms with Crippen molar-refractivity contribution in [3.8, 4) is 0 Å². The highest BCUT2D eigenvalue weighted by Gasteiger charge is 2.39. The van der Waals surface area contributed by atoms with Crippen molar-refractivity contribution < 1.29 is 19.4 Å². The van der Waals surface area contributed by atoms with Crippen LogP contribution < -0.4 is 0 Å². The standard InChI is InChI=1S/C12H18N4O4/c1-2-16(10-8-20-7-9(10)12(18)19)11(17)3-5-15-6-4-13-14-15/h4,6,9-10H,2-3,5,7-8H2,1H3,(H,18,19). The van der Waals surface area contributed by atoms with Crippen LogP contribution in [0.3, 0.4) is 0 Å². The fourth-order valence-corrected chi connectivity index (χ4v) is 2.39. The maximum atomic E-state index is 12.2. The average Bonchev–Trinajstić information content (AvgIpc) is 3.08. The molecule has 0 bridgehead atoms. The molecular weight excluding hydrogens is 264 g/mol. The fraction of sp³-hybridized carbons (Fsp3) is 0.667. The normalized spacial score (nSPS) is 21.9. The Hall–Kier alpha value is -1.96. The van der Waals surface area contributed by atoms with E-state index >= 15 is 0 Å². The third-order valence-corrected chi connectivity index (χ3v) is 3.46. The van der Waals surface area contributed by atoms with Gasteiger partial charge in [0.25, 0.3) is 0 Å². The Balaban J connectivity index is 1.96. The summed E-state index contributed by atoms with van der Waals surface area (Å²) in [7, 11) is 0. The van der Waals surface area contributed by atoms with E-state index in [2.05, 4.69) is 10.3 Å². The van der Waals surface area contributed by atoms with Gasteiger partial charge in [-0.3, -0.25) is 14.3 Å². The van der Waals surface area contributed by atoms with Crippen molar-refractivity contribution in [1.82, 2.24) is 19.9 Å². The molecule has 2 heterocycles. The monoisotopic (exact) mass is 282 g/mol. The number of hydrogen-bond acceptors (Lipinski definition) is 5. The van der Waals surface area contributed by atoms with Crippen molar-refractivity contribution >= 4 is 11.9 Å². The third-order valence-electron chi connectivity index (χ3n) is 3.46. The molecular formula is C12H18N4O4. The summed E-state index contributed by atoms with van der Waals surface area (Å²) in [5.41, 5.74) is 0. The zero-order valence-corrected chi connectivity index (χ0v) is 11.3. The van der Waals surface area contributed by atoms with Gasteiger partial charge in [0.1, 0.15) is 5.92 Å². The van der Waals surface area contributed by atoms with Crippen LogP contribution in [0.25, 0.3) is 0 Å². The molecule has 20 heavy (non-hydrogen) atoms. The van der Waals surface area contributed by atoms with Crippen LogP contribution in [0.5, 0.6) is 0 Å². The number of carboxylic acid groups (broad SMARTS) is 1. The molecule has 0 aromatic carbocycles. The lowest BCUT2D eigenvalue weighted by molar-refractivity contribution is -0.145. The van der Waals surface area contributed by atoms with Crippen LogP contribution in [0.4, 0.5) is 0 Å². The first-order valence-electron chi connectivity index (χ1n) is 6.57. The molecule has 8 nitrogen and oxygen atoms in total. The second-order valence-electron chi connectivity index (χ2n) is 4.65. The number of nitrogens with zero attached hydrogens (tertiary/aromatic N) is 4. The Morgan fingerprint density at radius 2 is 2.30 bits per heavy atom. The van der Waals surface area contributed by atoms with Crippen molar-refractivity contribution in [2.75, 3.05) is 19.8 Å². The lowest BCUT2D eigenvalue weighted by Crippen LogP contribution is -2.46. The molecule has 1 aromatic rings. The van der Waals surface area contributed by atoms with Crippen molar-refractivity contribution in [2.45, 2.75) is 25.9 Å². The van der Waals surface area contributed by atoms with E-state index in [1.54, 1.807) is 22.0 Å². The number of carbonyl (C=O) groups is 2. The molecule has 1 aromatic heterocycles. The molecule has 1 amide bonds. The molecule has 0 radical (unpaired) electrons. The van der Waals surface area contributed by atoms with E-state index in [0.717, 1.165) is 0 Å². The average molecular weight is 282 g/mol. The number of carbonyl (C=O) groups excluding carboxylic acids is 1. The molecule has 1 fully saturated rings. The molecule has 2 rings (SSSR count). The van der Waals surface area contributed by atoms with Gasteiger partial charge < -0.3 is 14.7 Å². The van der Waals surface area contributed by atoms with Crippen molar-refractivity contribution in [3.05, 3.63) is 12.4 Å². The van der Waals surface area contributed by atoms with E-state index in [9.17, 15) is 9.59 Å². The summed E-state index contributed by atoms with van der Waals surface area (Å²) in [5, 5.41) is 16.6. The predicted molar refractivity (Wildman–Crippen MR) is 67.8 cm³/mol. The highest BCUT2D eigenvalue weighted by Crippen LogP contribution is 2.20. The number of amides is 1. The molecule has 2 atom stereocenters. The van der Waals surface area contributed by atoms with Crippen LogP contribution in [0.1, 0.15) is 13.3 Å². The molecule has 2 unspecified atom stereocenters. The highest BCUT2D eigenvalue weighted by molar-refractivity contribution is 5.78. The van der Waals surface area contributed by atoms with Gasteiger partial charge in [-0.1, -0.05) is 5.21 Å². The molecule has 0 spiro atoms. The number of aryl methyl sites for hydroxylation is 1. The maximum absolute atomic E-state index is 12.2. The maximum Gasteiger partial charge on any atom is 0.311 e. The Kier molecular flexibility index (Phi) is 4.67. The van der Waals surface area contributed by atoms with Crippen LogP contribution in [0.15, 0.2) is 12.4 Å². The minimum atomic E-state index is -0.921. The minimum Gasteiger partial charge on any atom is -0.481 e. The van der Waals surface area contributed by atoms with Crippen LogP contribution in [0.2, 0.25) is 0 Å². The van der Waals surface area contributed by atoms with Gasteiger partial charge in [-0.15, -0.1) is 5.10 Å². The van der Waals surface area contributed by atoms with Crippen molar-refractivity contribution in [3.63, 3.8) is 0 Å². The molecule has 1 aliphatic rings. The zero-order chi connectivity index (χ0) is 14.5. The van der Waals surface area contributed by atoms with Gasteiger partial charge in [0, 0.05) is 19.2 Å². The molecule has 0 aliphatic carbocycles. The van der Waals surface area contributed by atoms with E-state index in [0.29, 0.717) is 13.1 Å². The van der Waals surface area contributed by atoms with Crippen LogP contribution >= 0.6 is 0 Å². The number of carboxylic acids is 1. The number of aromatic nitrogens is 3. The SMILES string of the molecule is CCN(C(=O)CCn1ccnn1)C1COCC1C(=O)O. The lowest BCUT2D eigenvalue weighted by Gasteiger charge is -2.29. The van der Waals surface area contributed by atoms with Crippen molar-refractivity contribution in [2.24, 2.45) is 5.92 Å². The van der Waals surface area contributed by atoms with Gasteiger partial charge in [0.15, 0.2) is 0 Å². The Labute approximate surface area is 116 Å². The molecule has 1 saturated heterocycles. The van der Waals surface area contributed by atoms with Gasteiger partial charge in [0.2, 0.25) is 5.91 Å². The predicted octanol–water partition coefficient (Wildman–Crippen LogP) is -0.384. The number of rotatable bonds is 6. The molecule has 8 heteroatoms. The lowest BCUT2D eigenvalue weighted by atomic mass is 10.0. The van der Waals surface area contributed by atoms with Crippen LogP contribution in [0, 0.1) is 5.92 Å². The first-order valence-corrected chi connectivity index (χ1v) is 6.57. The topological polar surface area (TPSA) is 97.5 Å². The molecule has 110 valence electrons. The second-order valence-corrected chi connectivity index (χ2v) is 4.65. The number of likely N-dealkylation sites (N-methyl/N-ethyl adjacent to an activating group) is 1. The Morgan fingerprint density at radius 1 is 1.50 bits per heavy atom. The third kappa shape index (κ3) is 3.13. The van der Waals surface area contributed by atoms with E-state index in [4.69, 9.17) is 9.84 Å². The number of hydrogen-bond donors (Lipinski definition) is 1. The van der Waals surface area contributed by atoms with Crippen molar-refractivity contribution in [1.29, 1.82) is 0 Å². The van der Waals surface area contributed by atoms with Crippen LogP contribution in [-0.2, 0) is 20.9 Å². The summed E-state index contributed by atoms with van der Waals surface area (Å²) in [4.78, 5) is 25.0. The summed E-state index contributed by atoms with van der Waals surface area (Å²) in [6.07, 6.45) is 3.50. The first-order chi connectivity index (χ1) is 9.63. The van der Waals surface area contributed by atoms with Crippen LogP contribution in [-0.4, -0.2) is 62.7 Å². The Bertz CT molecular complexity index is 462. The molecule has 1 N–H and O–H groups in total. The van der Waals surface area contributed by atoms with E-state index in [1.807, 2.05) is 6.92 Å². The highest BCUT2D eigenvalue weighted by atomic mass is 16.5. The van der Waals surface area contributed by atoms with Gasteiger partial charge in [0.05, 0.1) is 32.0 Å². The van der Waals surface area contributed by atoms with E-state index in [-0.39, 0.29) is 31.6 Å². The minimum absolute atomic E-state index is 0.0928. The van der Waals surface area contributed by atoms with E-state index < -0.39 is 11.9 Å². The molecule has 1 aliphatic heterocycles. The van der Waals surface area contributed by atoms with Gasteiger partial charge in [-0.25, -0.2) is 0 Å². The fourth-order valence-electron chi connectivity index (χ4n) is 2.39. The summed E-state index contributed by atoms with van der Waals surface area (Å²) in [6, 6.07) is -0.388. The van der Waals surface area contributed by atoms with E-state index in [1.165, 1.54) is 0 Å². The summed E-state index contributed by atoms with van der Waals surface area (Å²) < 4.78 is 6.79. The smallest absolute Gasteiger partial charge is 0.311 e.